The zero-order valence-corrected chi connectivity index (χ0v) is 12.0. The van der Waals surface area contributed by atoms with Gasteiger partial charge in [-0.3, -0.25) is 0 Å². The third kappa shape index (κ3) is 3.93. The van der Waals surface area contributed by atoms with Gasteiger partial charge in [0.05, 0.1) is 10.0 Å². The Hall–Kier alpha value is -1.09. The Labute approximate surface area is 122 Å². The maximum atomic E-state index is 13.4. The van der Waals surface area contributed by atoms with Crippen molar-refractivity contribution in [2.75, 3.05) is 0 Å². The number of halogens is 3. The van der Waals surface area contributed by atoms with Crippen molar-refractivity contribution in [1.82, 2.24) is 5.32 Å². The molecule has 100 valence electrons. The van der Waals surface area contributed by atoms with E-state index in [1.165, 1.54) is 0 Å². The molecule has 1 N–H and O–H groups in total. The van der Waals surface area contributed by atoms with Crippen LogP contribution in [0.5, 0.6) is 0 Å². The lowest BCUT2D eigenvalue weighted by atomic mass is 10.1. The first-order valence-electron chi connectivity index (χ1n) is 5.96. The summed E-state index contributed by atoms with van der Waals surface area (Å²) < 4.78 is 13.4. The second-order valence-electron chi connectivity index (χ2n) is 4.44. The van der Waals surface area contributed by atoms with Crippen LogP contribution in [0.3, 0.4) is 0 Å². The summed E-state index contributed by atoms with van der Waals surface area (Å²) in [5.41, 5.74) is 2.62. The summed E-state index contributed by atoms with van der Waals surface area (Å²) in [7, 11) is 0. The average Bonchev–Trinajstić information content (AvgIpc) is 2.38. The van der Waals surface area contributed by atoms with Crippen molar-refractivity contribution < 1.29 is 4.39 Å². The first-order chi connectivity index (χ1) is 9.06. The molecule has 0 aliphatic rings. The molecule has 0 saturated carbocycles. The molecule has 0 fully saturated rings. The SMILES string of the molecule is Cc1ccc(CNCc2ccc(Cl)c(Cl)c2)cc1F. The molecule has 0 aliphatic heterocycles. The number of hydrogen-bond donors (Lipinski definition) is 1. The van der Waals surface area contributed by atoms with Gasteiger partial charge in [-0.2, -0.15) is 0 Å². The van der Waals surface area contributed by atoms with Gasteiger partial charge in [-0.15, -0.1) is 0 Å². The molecule has 0 atom stereocenters. The van der Waals surface area contributed by atoms with Crippen LogP contribution in [0.2, 0.25) is 10.0 Å². The summed E-state index contributed by atoms with van der Waals surface area (Å²) in [6.45, 7) is 3.02. The predicted molar refractivity (Wildman–Crippen MR) is 78.1 cm³/mol. The van der Waals surface area contributed by atoms with Crippen LogP contribution in [0, 0.1) is 12.7 Å². The summed E-state index contributed by atoms with van der Waals surface area (Å²) in [4.78, 5) is 0. The van der Waals surface area contributed by atoms with E-state index < -0.39 is 0 Å². The second-order valence-corrected chi connectivity index (χ2v) is 5.25. The minimum Gasteiger partial charge on any atom is -0.309 e. The molecule has 0 aromatic heterocycles. The molecular formula is C15H14Cl2FN. The van der Waals surface area contributed by atoms with E-state index in [0.29, 0.717) is 28.7 Å². The Balaban J connectivity index is 1.92. The first-order valence-corrected chi connectivity index (χ1v) is 6.71. The molecule has 0 unspecified atom stereocenters. The van der Waals surface area contributed by atoms with E-state index in [1.807, 2.05) is 18.2 Å². The quantitative estimate of drug-likeness (QED) is 0.860. The minimum absolute atomic E-state index is 0.172. The average molecular weight is 298 g/mol. The van der Waals surface area contributed by atoms with Crippen LogP contribution in [-0.2, 0) is 13.1 Å². The number of aryl methyl sites for hydroxylation is 1. The summed E-state index contributed by atoms with van der Waals surface area (Å²) in [5, 5.41) is 4.33. The van der Waals surface area contributed by atoms with Gasteiger partial charge in [0.1, 0.15) is 5.82 Å². The van der Waals surface area contributed by atoms with Crippen molar-refractivity contribution in [1.29, 1.82) is 0 Å². The fourth-order valence-electron chi connectivity index (χ4n) is 1.75. The molecule has 0 bridgehead atoms. The third-order valence-corrected chi connectivity index (χ3v) is 3.62. The lowest BCUT2D eigenvalue weighted by Gasteiger charge is -2.07. The summed E-state index contributed by atoms with van der Waals surface area (Å²) in [6.07, 6.45) is 0. The van der Waals surface area contributed by atoms with E-state index >= 15 is 0 Å². The van der Waals surface area contributed by atoms with Crippen molar-refractivity contribution in [3.8, 4) is 0 Å². The number of benzene rings is 2. The van der Waals surface area contributed by atoms with Crippen molar-refractivity contribution in [2.24, 2.45) is 0 Å². The zero-order chi connectivity index (χ0) is 13.8. The van der Waals surface area contributed by atoms with Crippen LogP contribution in [0.15, 0.2) is 36.4 Å². The molecular weight excluding hydrogens is 284 g/mol. The highest BCUT2D eigenvalue weighted by Crippen LogP contribution is 2.22. The van der Waals surface area contributed by atoms with Gasteiger partial charge in [-0.1, -0.05) is 41.4 Å². The van der Waals surface area contributed by atoms with Gasteiger partial charge in [-0.25, -0.2) is 4.39 Å². The van der Waals surface area contributed by atoms with Gasteiger partial charge in [0.25, 0.3) is 0 Å². The maximum absolute atomic E-state index is 13.4. The lowest BCUT2D eigenvalue weighted by molar-refractivity contribution is 0.611. The molecule has 2 rings (SSSR count). The molecule has 0 spiro atoms. The molecule has 2 aromatic rings. The van der Waals surface area contributed by atoms with Crippen LogP contribution in [0.25, 0.3) is 0 Å². The van der Waals surface area contributed by atoms with E-state index in [-0.39, 0.29) is 5.82 Å². The van der Waals surface area contributed by atoms with E-state index in [4.69, 9.17) is 23.2 Å². The maximum Gasteiger partial charge on any atom is 0.126 e. The van der Waals surface area contributed by atoms with Crippen molar-refractivity contribution in [3.05, 3.63) is 69.0 Å². The van der Waals surface area contributed by atoms with Gasteiger partial charge < -0.3 is 5.32 Å². The number of nitrogens with one attached hydrogen (secondary N) is 1. The Bertz CT molecular complexity index is 533. The number of rotatable bonds is 4. The van der Waals surface area contributed by atoms with Crippen LogP contribution >= 0.6 is 23.2 Å². The Morgan fingerprint density at radius 1 is 0.947 bits per heavy atom. The fraction of sp³-hybridized carbons (Fsp3) is 0.200. The molecule has 4 heteroatoms. The van der Waals surface area contributed by atoms with E-state index in [1.54, 1.807) is 25.1 Å². The van der Waals surface area contributed by atoms with Gasteiger partial charge in [-0.05, 0) is 41.8 Å². The Morgan fingerprint density at radius 3 is 2.21 bits per heavy atom. The highest BCUT2D eigenvalue weighted by atomic mass is 35.5. The molecule has 1 nitrogen and oxygen atoms in total. The molecule has 0 saturated heterocycles. The molecule has 2 aromatic carbocycles. The standard InChI is InChI=1S/C15H14Cl2FN/c1-10-2-3-12(7-15(10)18)9-19-8-11-4-5-13(16)14(17)6-11/h2-7,19H,8-9H2,1H3. The summed E-state index contributed by atoms with van der Waals surface area (Å²) >= 11 is 11.8. The van der Waals surface area contributed by atoms with Crippen molar-refractivity contribution in [3.63, 3.8) is 0 Å². The van der Waals surface area contributed by atoms with E-state index in [0.717, 1.165) is 11.1 Å². The van der Waals surface area contributed by atoms with Gasteiger partial charge in [0, 0.05) is 13.1 Å². The molecule has 0 amide bonds. The topological polar surface area (TPSA) is 12.0 Å². The smallest absolute Gasteiger partial charge is 0.126 e. The van der Waals surface area contributed by atoms with Crippen molar-refractivity contribution >= 4 is 23.2 Å². The van der Waals surface area contributed by atoms with E-state index in [2.05, 4.69) is 5.32 Å². The molecule has 0 aliphatic carbocycles. The predicted octanol–water partition coefficient (Wildman–Crippen LogP) is 4.73. The van der Waals surface area contributed by atoms with Crippen LogP contribution in [0.4, 0.5) is 4.39 Å². The van der Waals surface area contributed by atoms with Crippen molar-refractivity contribution in [2.45, 2.75) is 20.0 Å². The summed E-state index contributed by atoms with van der Waals surface area (Å²) in [5.74, 6) is -0.172. The van der Waals surface area contributed by atoms with Gasteiger partial charge in [0.2, 0.25) is 0 Å². The minimum atomic E-state index is -0.172. The summed E-state index contributed by atoms with van der Waals surface area (Å²) in [6, 6.07) is 10.8. The highest BCUT2D eigenvalue weighted by molar-refractivity contribution is 6.42. The second kappa shape index (κ2) is 6.38. The normalized spacial score (nSPS) is 10.7. The van der Waals surface area contributed by atoms with Crippen LogP contribution < -0.4 is 5.32 Å². The third-order valence-electron chi connectivity index (χ3n) is 2.88. The fourth-order valence-corrected chi connectivity index (χ4v) is 2.07. The van der Waals surface area contributed by atoms with Gasteiger partial charge >= 0.3 is 0 Å². The zero-order valence-electron chi connectivity index (χ0n) is 10.5. The lowest BCUT2D eigenvalue weighted by Crippen LogP contribution is -2.12. The van der Waals surface area contributed by atoms with E-state index in [9.17, 15) is 4.39 Å². The molecule has 0 radical (unpaired) electrons. The largest absolute Gasteiger partial charge is 0.309 e. The Morgan fingerprint density at radius 2 is 1.58 bits per heavy atom. The highest BCUT2D eigenvalue weighted by Gasteiger charge is 2.01. The Kier molecular flexibility index (Phi) is 4.81. The number of hydrogen-bond acceptors (Lipinski definition) is 1. The molecule has 0 heterocycles. The molecule has 19 heavy (non-hydrogen) atoms. The van der Waals surface area contributed by atoms with Crippen LogP contribution in [0.1, 0.15) is 16.7 Å². The van der Waals surface area contributed by atoms with Gasteiger partial charge in [0.15, 0.2) is 0 Å². The van der Waals surface area contributed by atoms with Crippen LogP contribution in [-0.4, -0.2) is 0 Å². The monoisotopic (exact) mass is 297 g/mol. The first kappa shape index (κ1) is 14.3.